The Hall–Kier alpha value is -2.62. The zero-order chi connectivity index (χ0) is 13.2. The summed E-state index contributed by atoms with van der Waals surface area (Å²) in [6.07, 6.45) is 5.42. The second-order valence-electron chi connectivity index (χ2n) is 4.40. The SMILES string of the molecule is Cn1cc(-c2cn[nH]c2)c(-c2ccccc2)cc1=O. The highest BCUT2D eigenvalue weighted by Crippen LogP contribution is 2.29. The Kier molecular flexibility index (Phi) is 2.76. The van der Waals surface area contributed by atoms with Crippen LogP contribution in [0.3, 0.4) is 0 Å². The van der Waals surface area contributed by atoms with E-state index < -0.39 is 0 Å². The highest BCUT2D eigenvalue weighted by Gasteiger charge is 2.10. The van der Waals surface area contributed by atoms with Crippen molar-refractivity contribution in [3.8, 4) is 22.3 Å². The molecule has 0 fully saturated rings. The zero-order valence-corrected chi connectivity index (χ0v) is 10.5. The van der Waals surface area contributed by atoms with Gasteiger partial charge in [-0.1, -0.05) is 30.3 Å². The van der Waals surface area contributed by atoms with Gasteiger partial charge in [0.1, 0.15) is 0 Å². The molecule has 4 nitrogen and oxygen atoms in total. The van der Waals surface area contributed by atoms with Gasteiger partial charge in [-0.25, -0.2) is 0 Å². The molecule has 0 aliphatic carbocycles. The minimum absolute atomic E-state index is 0.0221. The lowest BCUT2D eigenvalue weighted by atomic mass is 9.98. The lowest BCUT2D eigenvalue weighted by Crippen LogP contribution is -2.15. The van der Waals surface area contributed by atoms with Crippen LogP contribution in [-0.4, -0.2) is 14.8 Å². The summed E-state index contributed by atoms with van der Waals surface area (Å²) in [7, 11) is 1.75. The molecule has 0 saturated heterocycles. The molecule has 3 aromatic rings. The van der Waals surface area contributed by atoms with Crippen molar-refractivity contribution in [2.45, 2.75) is 0 Å². The predicted octanol–water partition coefficient (Wildman–Crippen LogP) is 2.44. The lowest BCUT2D eigenvalue weighted by molar-refractivity contribution is 0.863. The third-order valence-corrected chi connectivity index (χ3v) is 3.12. The first-order valence-electron chi connectivity index (χ1n) is 6.01. The van der Waals surface area contributed by atoms with Gasteiger partial charge in [0.05, 0.1) is 6.20 Å². The van der Waals surface area contributed by atoms with Crippen molar-refractivity contribution in [3.05, 3.63) is 65.3 Å². The van der Waals surface area contributed by atoms with E-state index in [-0.39, 0.29) is 5.56 Å². The van der Waals surface area contributed by atoms with Crippen molar-refractivity contribution in [1.29, 1.82) is 0 Å². The Bertz CT molecular complexity index is 743. The number of aromatic amines is 1. The topological polar surface area (TPSA) is 50.7 Å². The molecule has 94 valence electrons. The minimum atomic E-state index is -0.0221. The largest absolute Gasteiger partial charge is 0.318 e. The first-order valence-corrected chi connectivity index (χ1v) is 6.01. The van der Waals surface area contributed by atoms with E-state index in [0.717, 1.165) is 22.3 Å². The van der Waals surface area contributed by atoms with Crippen LogP contribution in [0.2, 0.25) is 0 Å². The first kappa shape index (κ1) is 11.5. The highest BCUT2D eigenvalue weighted by atomic mass is 16.1. The van der Waals surface area contributed by atoms with Gasteiger partial charge in [-0.15, -0.1) is 0 Å². The van der Waals surface area contributed by atoms with Crippen molar-refractivity contribution in [3.63, 3.8) is 0 Å². The van der Waals surface area contributed by atoms with Crippen LogP contribution in [0, 0.1) is 0 Å². The van der Waals surface area contributed by atoms with Crippen LogP contribution in [0.1, 0.15) is 0 Å². The van der Waals surface area contributed by atoms with Crippen LogP contribution in [0.5, 0.6) is 0 Å². The van der Waals surface area contributed by atoms with Gasteiger partial charge in [-0.3, -0.25) is 9.89 Å². The van der Waals surface area contributed by atoms with Crippen LogP contribution in [0.4, 0.5) is 0 Å². The van der Waals surface area contributed by atoms with E-state index in [9.17, 15) is 4.79 Å². The summed E-state index contributed by atoms with van der Waals surface area (Å²) in [5, 5.41) is 6.78. The summed E-state index contributed by atoms with van der Waals surface area (Å²) in [5.74, 6) is 0. The van der Waals surface area contributed by atoms with E-state index in [2.05, 4.69) is 10.2 Å². The number of hydrogen-bond donors (Lipinski definition) is 1. The summed E-state index contributed by atoms with van der Waals surface area (Å²) >= 11 is 0. The maximum atomic E-state index is 11.9. The van der Waals surface area contributed by atoms with Crippen LogP contribution in [0.15, 0.2) is 59.8 Å². The molecule has 0 saturated carbocycles. The second-order valence-corrected chi connectivity index (χ2v) is 4.40. The summed E-state index contributed by atoms with van der Waals surface area (Å²) in [4.78, 5) is 11.9. The van der Waals surface area contributed by atoms with E-state index >= 15 is 0 Å². The van der Waals surface area contributed by atoms with Gasteiger partial charge in [0.15, 0.2) is 0 Å². The van der Waals surface area contributed by atoms with Gasteiger partial charge in [-0.05, 0) is 11.1 Å². The molecule has 0 aliphatic heterocycles. The molecule has 2 heterocycles. The number of nitrogens with one attached hydrogen (secondary N) is 1. The molecule has 19 heavy (non-hydrogen) atoms. The molecule has 0 atom stereocenters. The number of rotatable bonds is 2. The molecule has 0 unspecified atom stereocenters. The van der Waals surface area contributed by atoms with Crippen LogP contribution in [-0.2, 0) is 7.05 Å². The average Bonchev–Trinajstić information content (AvgIpc) is 2.96. The molecule has 0 radical (unpaired) electrons. The minimum Gasteiger partial charge on any atom is -0.318 e. The number of hydrogen-bond acceptors (Lipinski definition) is 2. The monoisotopic (exact) mass is 251 g/mol. The molecule has 1 N–H and O–H groups in total. The van der Waals surface area contributed by atoms with Gasteiger partial charge in [-0.2, -0.15) is 5.10 Å². The fourth-order valence-corrected chi connectivity index (χ4v) is 2.11. The third kappa shape index (κ3) is 2.08. The zero-order valence-electron chi connectivity index (χ0n) is 10.5. The number of pyridine rings is 1. The van der Waals surface area contributed by atoms with Gasteiger partial charge in [0, 0.05) is 36.6 Å². The van der Waals surface area contributed by atoms with E-state index in [0.29, 0.717) is 0 Å². The number of aryl methyl sites for hydroxylation is 1. The molecule has 4 heteroatoms. The normalized spacial score (nSPS) is 10.6. The molecule has 3 rings (SSSR count). The van der Waals surface area contributed by atoms with E-state index in [4.69, 9.17) is 0 Å². The summed E-state index contributed by atoms with van der Waals surface area (Å²) < 4.78 is 1.58. The number of benzene rings is 1. The molecule has 1 aromatic carbocycles. The Morgan fingerprint density at radius 1 is 1.11 bits per heavy atom. The molecule has 0 bridgehead atoms. The average molecular weight is 251 g/mol. The van der Waals surface area contributed by atoms with Gasteiger partial charge >= 0.3 is 0 Å². The Balaban J connectivity index is 2.29. The summed E-state index contributed by atoms with van der Waals surface area (Å²) in [5.41, 5.74) is 3.88. The lowest BCUT2D eigenvalue weighted by Gasteiger charge is -2.10. The van der Waals surface area contributed by atoms with Crippen molar-refractivity contribution in [1.82, 2.24) is 14.8 Å². The van der Waals surface area contributed by atoms with Gasteiger partial charge in [0.2, 0.25) is 0 Å². The molecule has 2 aromatic heterocycles. The van der Waals surface area contributed by atoms with Crippen molar-refractivity contribution < 1.29 is 0 Å². The predicted molar refractivity (Wildman–Crippen MR) is 74.7 cm³/mol. The quantitative estimate of drug-likeness (QED) is 0.760. The fraction of sp³-hybridized carbons (Fsp3) is 0.0667. The summed E-state index contributed by atoms with van der Waals surface area (Å²) in [6, 6.07) is 11.5. The van der Waals surface area contributed by atoms with Gasteiger partial charge < -0.3 is 4.57 Å². The maximum Gasteiger partial charge on any atom is 0.250 e. The second kappa shape index (κ2) is 4.57. The van der Waals surface area contributed by atoms with Crippen molar-refractivity contribution >= 4 is 0 Å². The smallest absolute Gasteiger partial charge is 0.250 e. The third-order valence-electron chi connectivity index (χ3n) is 3.12. The molecular formula is C15H13N3O. The van der Waals surface area contributed by atoms with Crippen LogP contribution < -0.4 is 5.56 Å². The number of H-pyrrole nitrogens is 1. The Morgan fingerprint density at radius 2 is 1.89 bits per heavy atom. The van der Waals surface area contributed by atoms with E-state index in [1.165, 1.54) is 0 Å². The molecule has 0 spiro atoms. The van der Waals surface area contributed by atoms with Crippen LogP contribution >= 0.6 is 0 Å². The molecule has 0 aliphatic rings. The Morgan fingerprint density at radius 3 is 2.58 bits per heavy atom. The van der Waals surface area contributed by atoms with Crippen molar-refractivity contribution in [2.24, 2.45) is 7.05 Å². The Labute approximate surface area is 110 Å². The highest BCUT2D eigenvalue weighted by molar-refractivity contribution is 5.82. The van der Waals surface area contributed by atoms with Crippen LogP contribution in [0.25, 0.3) is 22.3 Å². The fourth-order valence-electron chi connectivity index (χ4n) is 2.11. The maximum absolute atomic E-state index is 11.9. The van der Waals surface area contributed by atoms with E-state index in [1.807, 2.05) is 42.7 Å². The van der Waals surface area contributed by atoms with E-state index in [1.54, 1.807) is 23.9 Å². The number of aromatic nitrogens is 3. The van der Waals surface area contributed by atoms with Gasteiger partial charge in [0.25, 0.3) is 5.56 Å². The number of nitrogens with zero attached hydrogens (tertiary/aromatic N) is 2. The molecular weight excluding hydrogens is 238 g/mol. The standard InChI is InChI=1S/C15H13N3O/c1-18-10-14(12-8-16-17-9-12)13(7-15(18)19)11-5-3-2-4-6-11/h2-10H,1H3,(H,16,17). The first-order chi connectivity index (χ1) is 9.25. The molecule has 0 amide bonds. The van der Waals surface area contributed by atoms with Crippen molar-refractivity contribution in [2.75, 3.05) is 0 Å². The summed E-state index contributed by atoms with van der Waals surface area (Å²) in [6.45, 7) is 0.